The smallest absolute Gasteiger partial charge is 0.248 e. The first kappa shape index (κ1) is 19.7. The number of benzene rings is 2. The van der Waals surface area contributed by atoms with Crippen molar-refractivity contribution in [2.75, 3.05) is 26.2 Å². The third kappa shape index (κ3) is 5.27. The van der Waals surface area contributed by atoms with E-state index in [1.807, 2.05) is 25.1 Å². The Morgan fingerprint density at radius 2 is 1.86 bits per heavy atom. The highest BCUT2D eigenvalue weighted by Crippen LogP contribution is 2.23. The second kappa shape index (κ2) is 9.27. The number of nitrogens with one attached hydrogen (secondary N) is 1. The lowest BCUT2D eigenvalue weighted by molar-refractivity contribution is 0.170. The molecule has 3 aromatic rings. The number of piperidine rings is 1. The van der Waals surface area contributed by atoms with Crippen LogP contribution in [0.3, 0.4) is 0 Å². The normalized spacial score (nSPS) is 15.6. The number of aryl methyl sites for hydroxylation is 1. The maximum Gasteiger partial charge on any atom is 0.248 e. The molecule has 0 aliphatic carbocycles. The van der Waals surface area contributed by atoms with E-state index in [4.69, 9.17) is 4.74 Å². The number of pyridine rings is 1. The maximum absolute atomic E-state index is 11.6. The molecule has 0 amide bonds. The Morgan fingerprint density at radius 1 is 1.07 bits per heavy atom. The van der Waals surface area contributed by atoms with E-state index in [2.05, 4.69) is 40.2 Å². The standard InChI is InChI=1S/C25H30N2O2/c1-19-16-25(28)26-24-9-8-22(18-23(19)24)29-15-5-12-27-13-10-21(11-14-27)17-20-6-3-2-4-7-20/h2-4,6-9,16,18,21H,5,10-15,17H2,1H3,(H,26,28). The quantitative estimate of drug-likeness (QED) is 0.602. The van der Waals surface area contributed by atoms with Crippen molar-refractivity contribution in [2.45, 2.75) is 32.6 Å². The van der Waals surface area contributed by atoms with Gasteiger partial charge in [0.25, 0.3) is 0 Å². The molecular formula is C25H30N2O2. The largest absolute Gasteiger partial charge is 0.494 e. The van der Waals surface area contributed by atoms with E-state index in [1.54, 1.807) is 6.07 Å². The fraction of sp³-hybridized carbons (Fsp3) is 0.400. The van der Waals surface area contributed by atoms with E-state index in [0.29, 0.717) is 0 Å². The summed E-state index contributed by atoms with van der Waals surface area (Å²) in [7, 11) is 0. The molecule has 1 aromatic heterocycles. The van der Waals surface area contributed by atoms with Gasteiger partial charge < -0.3 is 14.6 Å². The molecule has 0 atom stereocenters. The van der Waals surface area contributed by atoms with Gasteiger partial charge in [0.1, 0.15) is 5.75 Å². The van der Waals surface area contributed by atoms with Crippen molar-refractivity contribution in [1.29, 1.82) is 0 Å². The molecule has 4 nitrogen and oxygen atoms in total. The minimum Gasteiger partial charge on any atom is -0.494 e. The minimum atomic E-state index is -0.0591. The van der Waals surface area contributed by atoms with Gasteiger partial charge in [0.05, 0.1) is 6.61 Å². The van der Waals surface area contributed by atoms with Gasteiger partial charge >= 0.3 is 0 Å². The molecule has 29 heavy (non-hydrogen) atoms. The SMILES string of the molecule is Cc1cc(=O)[nH]c2ccc(OCCCN3CCC(Cc4ccccc4)CC3)cc12. The number of aromatic amines is 1. The van der Waals surface area contributed by atoms with Crippen molar-refractivity contribution in [1.82, 2.24) is 9.88 Å². The molecule has 1 aliphatic heterocycles. The van der Waals surface area contributed by atoms with E-state index in [1.165, 1.54) is 37.9 Å². The number of nitrogens with zero attached hydrogens (tertiary/aromatic N) is 1. The Hall–Kier alpha value is -2.59. The van der Waals surface area contributed by atoms with Gasteiger partial charge in [0, 0.05) is 23.5 Å². The van der Waals surface area contributed by atoms with Crippen LogP contribution in [0.25, 0.3) is 10.9 Å². The first-order chi connectivity index (χ1) is 14.2. The summed E-state index contributed by atoms with van der Waals surface area (Å²) in [5.74, 6) is 1.69. The monoisotopic (exact) mass is 390 g/mol. The Bertz CT molecular complexity index is 989. The van der Waals surface area contributed by atoms with E-state index in [0.717, 1.165) is 47.7 Å². The number of fused-ring (bicyclic) bond motifs is 1. The lowest BCUT2D eigenvalue weighted by atomic mass is 9.90. The lowest BCUT2D eigenvalue weighted by Crippen LogP contribution is -2.35. The fourth-order valence-electron chi connectivity index (χ4n) is 4.33. The Morgan fingerprint density at radius 3 is 2.66 bits per heavy atom. The predicted octanol–water partition coefficient (Wildman–Crippen LogP) is 4.56. The molecule has 4 rings (SSSR count). The van der Waals surface area contributed by atoms with Crippen LogP contribution in [0.4, 0.5) is 0 Å². The first-order valence-corrected chi connectivity index (χ1v) is 10.7. The number of likely N-dealkylation sites (tertiary alicyclic amines) is 1. The average Bonchev–Trinajstić information content (AvgIpc) is 2.73. The zero-order valence-electron chi connectivity index (χ0n) is 17.2. The van der Waals surface area contributed by atoms with Crippen molar-refractivity contribution in [3.63, 3.8) is 0 Å². The molecule has 1 fully saturated rings. The molecule has 0 unspecified atom stereocenters. The van der Waals surface area contributed by atoms with Gasteiger partial charge in [0.2, 0.25) is 5.56 Å². The first-order valence-electron chi connectivity index (χ1n) is 10.7. The molecule has 2 aromatic carbocycles. The molecule has 0 saturated carbocycles. The Labute approximate surface area is 172 Å². The molecule has 1 N–H and O–H groups in total. The van der Waals surface area contributed by atoms with Crippen LogP contribution in [-0.2, 0) is 6.42 Å². The second-order valence-electron chi connectivity index (χ2n) is 8.20. The van der Waals surface area contributed by atoms with Crippen molar-refractivity contribution in [3.05, 3.63) is 76.1 Å². The summed E-state index contributed by atoms with van der Waals surface area (Å²) in [5.41, 5.74) is 3.25. The van der Waals surface area contributed by atoms with E-state index in [9.17, 15) is 4.79 Å². The lowest BCUT2D eigenvalue weighted by Gasteiger charge is -2.32. The van der Waals surface area contributed by atoms with Gasteiger partial charge in [-0.25, -0.2) is 0 Å². The van der Waals surface area contributed by atoms with Gasteiger partial charge in [-0.05, 0) is 80.9 Å². The number of rotatable bonds is 7. The van der Waals surface area contributed by atoms with Gasteiger partial charge in [-0.3, -0.25) is 4.79 Å². The molecule has 152 valence electrons. The highest BCUT2D eigenvalue weighted by molar-refractivity contribution is 5.83. The zero-order chi connectivity index (χ0) is 20.1. The topological polar surface area (TPSA) is 45.3 Å². The molecule has 2 heterocycles. The highest BCUT2D eigenvalue weighted by atomic mass is 16.5. The number of hydrogen-bond donors (Lipinski definition) is 1. The number of ether oxygens (including phenoxy) is 1. The van der Waals surface area contributed by atoms with Crippen LogP contribution in [0.2, 0.25) is 0 Å². The van der Waals surface area contributed by atoms with Crippen molar-refractivity contribution in [2.24, 2.45) is 5.92 Å². The van der Waals surface area contributed by atoms with E-state index in [-0.39, 0.29) is 5.56 Å². The van der Waals surface area contributed by atoms with Crippen LogP contribution in [0.5, 0.6) is 5.75 Å². The number of hydrogen-bond acceptors (Lipinski definition) is 3. The molecule has 0 spiro atoms. The summed E-state index contributed by atoms with van der Waals surface area (Å²) in [4.78, 5) is 17.0. The van der Waals surface area contributed by atoms with Crippen molar-refractivity contribution in [3.8, 4) is 5.75 Å². The third-order valence-electron chi connectivity index (χ3n) is 5.98. The Kier molecular flexibility index (Phi) is 6.30. The van der Waals surface area contributed by atoms with Crippen LogP contribution >= 0.6 is 0 Å². The summed E-state index contributed by atoms with van der Waals surface area (Å²) in [6.07, 6.45) is 4.83. The van der Waals surface area contributed by atoms with Gasteiger partial charge in [-0.1, -0.05) is 30.3 Å². The van der Waals surface area contributed by atoms with Gasteiger partial charge in [-0.2, -0.15) is 0 Å². The van der Waals surface area contributed by atoms with Crippen molar-refractivity contribution < 1.29 is 4.74 Å². The summed E-state index contributed by atoms with van der Waals surface area (Å²) in [5, 5.41) is 1.04. The summed E-state index contributed by atoms with van der Waals surface area (Å²) in [6, 6.07) is 18.4. The van der Waals surface area contributed by atoms with Crippen LogP contribution in [-0.4, -0.2) is 36.1 Å². The second-order valence-corrected chi connectivity index (χ2v) is 8.20. The third-order valence-corrected chi connectivity index (χ3v) is 5.98. The molecular weight excluding hydrogens is 360 g/mol. The average molecular weight is 391 g/mol. The van der Waals surface area contributed by atoms with E-state index >= 15 is 0 Å². The summed E-state index contributed by atoms with van der Waals surface area (Å²) >= 11 is 0. The van der Waals surface area contributed by atoms with Crippen LogP contribution in [0.15, 0.2) is 59.4 Å². The van der Waals surface area contributed by atoms with Crippen LogP contribution in [0, 0.1) is 12.8 Å². The number of H-pyrrole nitrogens is 1. The van der Waals surface area contributed by atoms with Crippen LogP contribution < -0.4 is 10.3 Å². The molecule has 4 heteroatoms. The fourth-order valence-corrected chi connectivity index (χ4v) is 4.33. The highest BCUT2D eigenvalue weighted by Gasteiger charge is 2.19. The molecule has 1 aliphatic rings. The zero-order valence-corrected chi connectivity index (χ0v) is 17.2. The van der Waals surface area contributed by atoms with Gasteiger partial charge in [0.15, 0.2) is 0 Å². The van der Waals surface area contributed by atoms with E-state index < -0.39 is 0 Å². The van der Waals surface area contributed by atoms with Crippen molar-refractivity contribution >= 4 is 10.9 Å². The van der Waals surface area contributed by atoms with Crippen LogP contribution in [0.1, 0.15) is 30.4 Å². The summed E-state index contributed by atoms with van der Waals surface area (Å²) in [6.45, 7) is 6.17. The summed E-state index contributed by atoms with van der Waals surface area (Å²) < 4.78 is 5.97. The maximum atomic E-state index is 11.6. The van der Waals surface area contributed by atoms with Gasteiger partial charge in [-0.15, -0.1) is 0 Å². The molecule has 0 bridgehead atoms. The molecule has 0 radical (unpaired) electrons. The minimum absolute atomic E-state index is 0.0591. The molecule has 1 saturated heterocycles. The Balaban J connectivity index is 1.19. The predicted molar refractivity (Wildman–Crippen MR) is 119 cm³/mol. The number of aromatic nitrogens is 1.